The fraction of sp³-hybridized carbons (Fsp3) is 0.833. The molecule has 0 aromatic carbocycles. The molecular weight excluding hydrogens is 136 g/mol. The number of thiol groups is 1. The van der Waals surface area contributed by atoms with Crippen molar-refractivity contribution in [3.63, 3.8) is 0 Å². The first-order valence-corrected chi connectivity index (χ1v) is 3.28. The summed E-state index contributed by atoms with van der Waals surface area (Å²) in [6, 6.07) is 0. The zero-order chi connectivity index (χ0) is 7.33. The molecule has 54 valence electrons. The van der Waals surface area contributed by atoms with Crippen molar-refractivity contribution in [2.24, 2.45) is 0 Å². The molecule has 3 heteroatoms. The lowest BCUT2D eigenvalue weighted by molar-refractivity contribution is -0.128. The summed E-state index contributed by atoms with van der Waals surface area (Å²) in [6.07, 6.45) is 0.787. The van der Waals surface area contributed by atoms with Gasteiger partial charge in [0.25, 0.3) is 6.47 Å². The van der Waals surface area contributed by atoms with Gasteiger partial charge in [-0.05, 0) is 6.42 Å². The molecule has 0 aliphatic heterocycles. The Morgan fingerprint density at radius 3 is 2.56 bits per heavy atom. The van der Waals surface area contributed by atoms with Crippen molar-refractivity contribution < 1.29 is 9.53 Å². The molecule has 0 radical (unpaired) electrons. The van der Waals surface area contributed by atoms with Gasteiger partial charge < -0.3 is 4.74 Å². The van der Waals surface area contributed by atoms with Gasteiger partial charge in [0.2, 0.25) is 0 Å². The Kier molecular flexibility index (Phi) is 3.70. The Bertz CT molecular complexity index is 85.5. The molecule has 0 unspecified atom stereocenters. The van der Waals surface area contributed by atoms with E-state index in [1.807, 2.05) is 13.8 Å². The van der Waals surface area contributed by atoms with Crippen LogP contribution in [0.2, 0.25) is 0 Å². The molecule has 0 aliphatic carbocycles. The van der Waals surface area contributed by atoms with Crippen LogP contribution >= 0.6 is 12.6 Å². The fourth-order valence-electron chi connectivity index (χ4n) is 0.357. The summed E-state index contributed by atoms with van der Waals surface area (Å²) in [7, 11) is 0. The van der Waals surface area contributed by atoms with E-state index in [0.29, 0.717) is 13.1 Å². The maximum Gasteiger partial charge on any atom is 0.293 e. The van der Waals surface area contributed by atoms with Crippen LogP contribution in [0, 0.1) is 0 Å². The number of carbonyl (C=O) groups is 1. The molecule has 0 aromatic rings. The SMILES string of the molecule is CC(C)(S)CCOC=O. The van der Waals surface area contributed by atoms with Crippen LogP contribution in [-0.4, -0.2) is 17.8 Å². The number of hydrogen-bond donors (Lipinski definition) is 1. The minimum atomic E-state index is -0.0387. The molecule has 0 spiro atoms. The lowest BCUT2D eigenvalue weighted by atomic mass is 10.1. The first kappa shape index (κ1) is 8.82. The van der Waals surface area contributed by atoms with E-state index < -0.39 is 0 Å². The highest BCUT2D eigenvalue weighted by Gasteiger charge is 2.09. The van der Waals surface area contributed by atoms with E-state index in [9.17, 15) is 4.79 Å². The largest absolute Gasteiger partial charge is 0.468 e. The molecule has 0 bridgehead atoms. The van der Waals surface area contributed by atoms with Gasteiger partial charge in [0.1, 0.15) is 0 Å². The third kappa shape index (κ3) is 7.82. The molecule has 0 aliphatic rings. The third-order valence-corrected chi connectivity index (χ3v) is 1.12. The van der Waals surface area contributed by atoms with Gasteiger partial charge in [-0.3, -0.25) is 4.79 Å². The van der Waals surface area contributed by atoms with Gasteiger partial charge in [-0.1, -0.05) is 13.8 Å². The van der Waals surface area contributed by atoms with Crippen molar-refractivity contribution in [3.8, 4) is 0 Å². The van der Waals surface area contributed by atoms with Crippen molar-refractivity contribution in [2.45, 2.75) is 25.0 Å². The standard InChI is InChI=1S/C6H12O2S/c1-6(2,9)3-4-8-5-7/h5,9H,3-4H2,1-2H3. The predicted octanol–water partition coefficient (Wildman–Crippen LogP) is 1.26. The van der Waals surface area contributed by atoms with E-state index in [4.69, 9.17) is 0 Å². The molecule has 9 heavy (non-hydrogen) atoms. The predicted molar refractivity (Wildman–Crippen MR) is 39.7 cm³/mol. The lowest BCUT2D eigenvalue weighted by Gasteiger charge is -2.15. The number of hydrogen-bond acceptors (Lipinski definition) is 3. The van der Waals surface area contributed by atoms with Crippen molar-refractivity contribution in [1.29, 1.82) is 0 Å². The zero-order valence-corrected chi connectivity index (χ0v) is 6.65. The van der Waals surface area contributed by atoms with Gasteiger partial charge in [-0.2, -0.15) is 12.6 Å². The molecule has 0 rings (SSSR count). The Labute approximate surface area is 61.0 Å². The molecule has 0 amide bonds. The molecule has 0 aromatic heterocycles. The van der Waals surface area contributed by atoms with E-state index >= 15 is 0 Å². The molecule has 0 saturated carbocycles. The maximum atomic E-state index is 9.64. The quantitative estimate of drug-likeness (QED) is 0.369. The highest BCUT2D eigenvalue weighted by atomic mass is 32.1. The number of rotatable bonds is 4. The van der Waals surface area contributed by atoms with E-state index in [-0.39, 0.29) is 4.75 Å². The number of ether oxygens (including phenoxy) is 1. The summed E-state index contributed by atoms with van der Waals surface area (Å²) in [5, 5.41) is 0. The Morgan fingerprint density at radius 1 is 1.67 bits per heavy atom. The highest BCUT2D eigenvalue weighted by Crippen LogP contribution is 2.15. The topological polar surface area (TPSA) is 26.3 Å². The Balaban J connectivity index is 3.17. The lowest BCUT2D eigenvalue weighted by Crippen LogP contribution is -2.13. The summed E-state index contributed by atoms with van der Waals surface area (Å²) in [5.74, 6) is 0. The van der Waals surface area contributed by atoms with E-state index in [1.54, 1.807) is 0 Å². The van der Waals surface area contributed by atoms with Gasteiger partial charge in [0, 0.05) is 4.75 Å². The van der Waals surface area contributed by atoms with Crippen molar-refractivity contribution in [1.82, 2.24) is 0 Å². The molecular formula is C6H12O2S. The van der Waals surface area contributed by atoms with E-state index in [1.165, 1.54) is 0 Å². The molecule has 0 fully saturated rings. The summed E-state index contributed by atoms with van der Waals surface area (Å²) in [5.41, 5.74) is 0. The maximum absolute atomic E-state index is 9.64. The van der Waals surface area contributed by atoms with E-state index in [2.05, 4.69) is 17.4 Å². The molecule has 2 nitrogen and oxygen atoms in total. The second-order valence-corrected chi connectivity index (χ2v) is 3.74. The van der Waals surface area contributed by atoms with Crippen molar-refractivity contribution >= 4 is 19.1 Å². The minimum absolute atomic E-state index is 0.0387. The molecule has 0 saturated heterocycles. The minimum Gasteiger partial charge on any atom is -0.468 e. The molecule has 0 heterocycles. The van der Waals surface area contributed by atoms with Crippen LogP contribution in [-0.2, 0) is 9.53 Å². The van der Waals surface area contributed by atoms with Gasteiger partial charge in [0.05, 0.1) is 6.61 Å². The van der Waals surface area contributed by atoms with E-state index in [0.717, 1.165) is 6.42 Å². The Morgan fingerprint density at radius 2 is 2.22 bits per heavy atom. The van der Waals surface area contributed by atoms with Crippen LogP contribution < -0.4 is 0 Å². The second kappa shape index (κ2) is 3.77. The van der Waals surface area contributed by atoms with Gasteiger partial charge in [-0.25, -0.2) is 0 Å². The third-order valence-electron chi connectivity index (χ3n) is 0.900. The normalized spacial score (nSPS) is 11.0. The van der Waals surface area contributed by atoms with Crippen molar-refractivity contribution in [2.75, 3.05) is 6.61 Å². The van der Waals surface area contributed by atoms with Gasteiger partial charge in [0.15, 0.2) is 0 Å². The average molecular weight is 148 g/mol. The smallest absolute Gasteiger partial charge is 0.293 e. The van der Waals surface area contributed by atoms with Crippen LogP contribution in [0.3, 0.4) is 0 Å². The second-order valence-electron chi connectivity index (χ2n) is 2.53. The molecule has 0 atom stereocenters. The monoisotopic (exact) mass is 148 g/mol. The first-order valence-electron chi connectivity index (χ1n) is 2.84. The fourth-order valence-corrected chi connectivity index (χ4v) is 0.448. The van der Waals surface area contributed by atoms with Crippen LogP contribution in [0.4, 0.5) is 0 Å². The Hall–Kier alpha value is -0.180. The van der Waals surface area contributed by atoms with Crippen LogP contribution in [0.25, 0.3) is 0 Å². The summed E-state index contributed by atoms with van der Waals surface area (Å²) in [4.78, 5) is 9.64. The highest BCUT2D eigenvalue weighted by molar-refractivity contribution is 7.81. The number of carbonyl (C=O) groups excluding carboxylic acids is 1. The zero-order valence-electron chi connectivity index (χ0n) is 5.76. The van der Waals surface area contributed by atoms with Crippen LogP contribution in [0.15, 0.2) is 0 Å². The van der Waals surface area contributed by atoms with Crippen LogP contribution in [0.5, 0.6) is 0 Å². The van der Waals surface area contributed by atoms with Crippen LogP contribution in [0.1, 0.15) is 20.3 Å². The summed E-state index contributed by atoms with van der Waals surface area (Å²) < 4.78 is 4.44. The molecule has 0 N–H and O–H groups in total. The summed E-state index contributed by atoms with van der Waals surface area (Å²) >= 11 is 4.23. The first-order chi connectivity index (χ1) is 4.06. The van der Waals surface area contributed by atoms with Crippen molar-refractivity contribution in [3.05, 3.63) is 0 Å². The summed E-state index contributed by atoms with van der Waals surface area (Å²) in [6.45, 7) is 4.87. The van der Waals surface area contributed by atoms with Gasteiger partial charge in [-0.15, -0.1) is 0 Å². The average Bonchev–Trinajstić information content (AvgIpc) is 1.63. The van der Waals surface area contributed by atoms with Gasteiger partial charge >= 0.3 is 0 Å².